The number of furan rings is 1. The molecule has 0 fully saturated rings. The van der Waals surface area contributed by atoms with Crippen LogP contribution in [0.2, 0.25) is 0 Å². The lowest BCUT2D eigenvalue weighted by atomic mass is 10.0. The highest BCUT2D eigenvalue weighted by Crippen LogP contribution is 2.35. The number of para-hydroxylation sites is 1. The van der Waals surface area contributed by atoms with Crippen LogP contribution < -0.4 is 0 Å². The fraction of sp³-hybridized carbons (Fsp3) is 0.238. The summed E-state index contributed by atoms with van der Waals surface area (Å²) in [5.74, 6) is -0.820. The minimum Gasteiger partial charge on any atom is -0.437 e. The van der Waals surface area contributed by atoms with Gasteiger partial charge in [-0.1, -0.05) is 26.0 Å². The van der Waals surface area contributed by atoms with Crippen LogP contribution in [0.25, 0.3) is 33.3 Å². The molecule has 0 aliphatic rings. The zero-order valence-corrected chi connectivity index (χ0v) is 13.8. The number of fused-ring (bicyclic) bond motifs is 3. The third-order valence-corrected chi connectivity index (χ3v) is 4.26. The molecule has 0 amide bonds. The second-order valence-electron chi connectivity index (χ2n) is 6.22. The summed E-state index contributed by atoms with van der Waals surface area (Å²) >= 11 is 0. The average Bonchev–Trinajstić information content (AvgIpc) is 2.97. The molecule has 0 saturated heterocycles. The maximum atomic E-state index is 8.19. The van der Waals surface area contributed by atoms with E-state index in [9.17, 15) is 0 Å². The normalized spacial score (nSPS) is 15.1. The van der Waals surface area contributed by atoms with E-state index in [4.69, 9.17) is 9.90 Å². The Labute approximate surface area is 147 Å². The topological polar surface area (TPSA) is 38.9 Å². The lowest BCUT2D eigenvalue weighted by molar-refractivity contribution is 0.648. The van der Waals surface area contributed by atoms with E-state index in [1.807, 2.05) is 30.3 Å². The molecule has 0 radical (unpaired) electrons. The van der Waals surface area contributed by atoms with Gasteiger partial charge in [-0.3, -0.25) is 4.98 Å². The van der Waals surface area contributed by atoms with Crippen LogP contribution >= 0.6 is 0 Å². The van der Waals surface area contributed by atoms with Gasteiger partial charge >= 0.3 is 0 Å². The van der Waals surface area contributed by atoms with E-state index >= 15 is 0 Å². The highest BCUT2D eigenvalue weighted by molar-refractivity contribution is 6.08. The third kappa shape index (κ3) is 2.28. The van der Waals surface area contributed by atoms with E-state index in [0.29, 0.717) is 28.2 Å². The Hall–Kier alpha value is -2.68. The van der Waals surface area contributed by atoms with Crippen LogP contribution in [-0.2, 0) is 0 Å². The summed E-state index contributed by atoms with van der Waals surface area (Å²) in [6.07, 6.45) is 1.41. The van der Waals surface area contributed by atoms with Gasteiger partial charge in [0.1, 0.15) is 5.58 Å². The molecule has 120 valence electrons. The molecular formula is C21H20N2O. The van der Waals surface area contributed by atoms with Gasteiger partial charge in [0.05, 0.1) is 5.69 Å². The molecule has 0 aliphatic carbocycles. The van der Waals surface area contributed by atoms with Crippen molar-refractivity contribution in [2.24, 2.45) is 0 Å². The maximum Gasteiger partial charge on any atom is 0.227 e. The lowest BCUT2D eigenvalue weighted by Gasteiger charge is -2.05. The number of nitrogens with zero attached hydrogens (tertiary/aromatic N) is 2. The Bertz CT molecular complexity index is 1200. The van der Waals surface area contributed by atoms with Crippen LogP contribution in [0.5, 0.6) is 0 Å². The number of rotatable bonds is 2. The SMILES string of the molecule is [2H]C([2H])([2H])c1cnc(-c2cccc3c2oc2nc(C([2H])(C)C)ccc23)cc1C. The van der Waals surface area contributed by atoms with E-state index in [-0.39, 0.29) is 5.56 Å². The summed E-state index contributed by atoms with van der Waals surface area (Å²) < 4.78 is 37.1. The van der Waals surface area contributed by atoms with Crippen molar-refractivity contribution >= 4 is 22.1 Å². The first-order valence-electron chi connectivity index (χ1n) is 9.86. The molecule has 1 aromatic carbocycles. The Balaban J connectivity index is 1.92. The van der Waals surface area contributed by atoms with Gasteiger partial charge in [0.25, 0.3) is 0 Å². The molecule has 4 aromatic rings. The predicted molar refractivity (Wildman–Crippen MR) is 98.3 cm³/mol. The Morgan fingerprint density at radius 1 is 1.12 bits per heavy atom. The first-order valence-corrected chi connectivity index (χ1v) is 7.86. The quantitative estimate of drug-likeness (QED) is 0.469. The smallest absolute Gasteiger partial charge is 0.227 e. The second-order valence-corrected chi connectivity index (χ2v) is 6.22. The van der Waals surface area contributed by atoms with Crippen molar-refractivity contribution < 1.29 is 9.90 Å². The molecule has 3 heteroatoms. The first kappa shape index (κ1) is 11.0. The van der Waals surface area contributed by atoms with Crippen LogP contribution in [0.1, 0.15) is 42.0 Å². The highest BCUT2D eigenvalue weighted by Gasteiger charge is 2.15. The van der Waals surface area contributed by atoms with Crippen LogP contribution in [0.4, 0.5) is 0 Å². The van der Waals surface area contributed by atoms with Crippen molar-refractivity contribution in [2.45, 2.75) is 33.5 Å². The van der Waals surface area contributed by atoms with Crippen molar-refractivity contribution in [3.63, 3.8) is 0 Å². The molecule has 4 rings (SSSR count). The summed E-state index contributed by atoms with van der Waals surface area (Å²) in [6.45, 7) is 3.16. The molecule has 3 heterocycles. The first-order chi connectivity index (χ1) is 13.1. The predicted octanol–water partition coefficient (Wildman–Crippen LogP) is 5.78. The largest absolute Gasteiger partial charge is 0.437 e. The zero-order valence-electron chi connectivity index (χ0n) is 17.8. The molecule has 0 spiro atoms. The van der Waals surface area contributed by atoms with Crippen molar-refractivity contribution in [2.75, 3.05) is 0 Å². The van der Waals surface area contributed by atoms with Crippen molar-refractivity contribution in [1.29, 1.82) is 0 Å². The molecule has 0 aliphatic heterocycles. The monoisotopic (exact) mass is 320 g/mol. The maximum absolute atomic E-state index is 8.19. The number of benzene rings is 1. The van der Waals surface area contributed by atoms with Crippen LogP contribution in [-0.4, -0.2) is 9.97 Å². The molecule has 24 heavy (non-hydrogen) atoms. The van der Waals surface area contributed by atoms with Crippen LogP contribution in [0, 0.1) is 13.8 Å². The summed E-state index contributed by atoms with van der Waals surface area (Å²) in [7, 11) is 0. The standard InChI is InChI=1S/C21H20N2O/c1-12(2)18-9-8-16-15-6-5-7-17(20(15)24-21(16)23-18)19-10-13(3)14(4)11-22-19/h5-12H,1-4H3/i4D3,12D. The molecule has 0 N–H and O–H groups in total. The molecule has 3 nitrogen and oxygen atoms in total. The summed E-state index contributed by atoms with van der Waals surface area (Å²) in [5, 5.41) is 1.79. The van der Waals surface area contributed by atoms with Gasteiger partial charge in [-0.15, -0.1) is 0 Å². The third-order valence-electron chi connectivity index (χ3n) is 4.26. The molecule has 0 unspecified atom stereocenters. The second kappa shape index (κ2) is 5.45. The van der Waals surface area contributed by atoms with E-state index < -0.39 is 12.7 Å². The van der Waals surface area contributed by atoms with E-state index in [1.54, 1.807) is 26.8 Å². The van der Waals surface area contributed by atoms with Gasteiger partial charge in [0.2, 0.25) is 5.71 Å². The van der Waals surface area contributed by atoms with E-state index in [0.717, 1.165) is 16.3 Å². The van der Waals surface area contributed by atoms with Gasteiger partial charge in [-0.25, -0.2) is 4.98 Å². The number of aryl methyl sites for hydroxylation is 2. The molecule has 0 saturated carbocycles. The molecule has 3 aromatic heterocycles. The Morgan fingerprint density at radius 3 is 2.75 bits per heavy atom. The molecule has 0 bridgehead atoms. The summed E-state index contributed by atoms with van der Waals surface area (Å²) in [5.41, 5.74) is 4.11. The van der Waals surface area contributed by atoms with Gasteiger partial charge in [0.15, 0.2) is 0 Å². The minimum atomic E-state index is -2.19. The molecular weight excluding hydrogens is 296 g/mol. The van der Waals surface area contributed by atoms with Gasteiger partial charge < -0.3 is 4.42 Å². The van der Waals surface area contributed by atoms with Crippen LogP contribution in [0.3, 0.4) is 0 Å². The Morgan fingerprint density at radius 2 is 2.00 bits per heavy atom. The van der Waals surface area contributed by atoms with Crippen molar-refractivity contribution in [3.05, 3.63) is 59.4 Å². The number of hydrogen-bond acceptors (Lipinski definition) is 3. The van der Waals surface area contributed by atoms with Gasteiger partial charge in [-0.05, 0) is 55.1 Å². The Kier molecular flexibility index (Phi) is 2.49. The van der Waals surface area contributed by atoms with Crippen molar-refractivity contribution in [1.82, 2.24) is 9.97 Å². The van der Waals surface area contributed by atoms with Crippen LogP contribution in [0.15, 0.2) is 47.0 Å². The highest BCUT2D eigenvalue weighted by atomic mass is 16.3. The molecule has 0 atom stereocenters. The average molecular weight is 320 g/mol. The van der Waals surface area contributed by atoms with E-state index in [2.05, 4.69) is 9.97 Å². The van der Waals surface area contributed by atoms with Crippen molar-refractivity contribution in [3.8, 4) is 11.3 Å². The fourth-order valence-electron chi connectivity index (χ4n) is 2.86. The zero-order chi connectivity index (χ0) is 20.3. The lowest BCUT2D eigenvalue weighted by Crippen LogP contribution is -1.90. The van der Waals surface area contributed by atoms with Gasteiger partial charge in [-0.2, -0.15) is 0 Å². The minimum absolute atomic E-state index is 0.247. The number of pyridine rings is 2. The summed E-state index contributed by atoms with van der Waals surface area (Å²) in [6, 6.07) is 11.3. The van der Waals surface area contributed by atoms with E-state index in [1.165, 1.54) is 6.20 Å². The fourth-order valence-corrected chi connectivity index (χ4v) is 2.86. The number of aromatic nitrogens is 2. The van der Waals surface area contributed by atoms with Gasteiger partial charge in [0, 0.05) is 33.7 Å². The summed E-state index contributed by atoms with van der Waals surface area (Å²) in [4.78, 5) is 8.92. The number of hydrogen-bond donors (Lipinski definition) is 0.